The van der Waals surface area contributed by atoms with Crippen LogP contribution in [0.5, 0.6) is 0 Å². The molecule has 0 bridgehead atoms. The minimum absolute atomic E-state index is 0.0261. The molecule has 1 saturated heterocycles. The summed E-state index contributed by atoms with van der Waals surface area (Å²) < 4.78 is 7.38. The molecule has 3 unspecified atom stereocenters. The van der Waals surface area contributed by atoms with Crippen molar-refractivity contribution in [1.29, 1.82) is 0 Å². The lowest BCUT2D eigenvalue weighted by molar-refractivity contribution is -0.240. The molecule has 3 heterocycles. The normalized spacial score (nSPS) is 22.0. The van der Waals surface area contributed by atoms with Crippen molar-refractivity contribution in [3.05, 3.63) is 70.8 Å². The highest BCUT2D eigenvalue weighted by Gasteiger charge is 2.25. The number of piperidine rings is 1. The topological polar surface area (TPSA) is 125 Å². The number of benzene rings is 2. The first kappa shape index (κ1) is 33.1. The molecule has 0 amide bonds. The predicted molar refractivity (Wildman–Crippen MR) is 188 cm³/mol. The Morgan fingerprint density at radius 2 is 1.78 bits per heavy atom. The van der Waals surface area contributed by atoms with Crippen LogP contribution < -0.4 is 22.1 Å². The highest BCUT2D eigenvalue weighted by Crippen LogP contribution is 2.29. The quantitative estimate of drug-likeness (QED) is 0.0611. The summed E-state index contributed by atoms with van der Waals surface area (Å²) in [5, 5.41) is 7.98. The fourth-order valence-electron chi connectivity index (χ4n) is 6.97. The number of nitrogens with two attached hydrogens (primary N) is 1. The molecule has 248 valence electrons. The van der Waals surface area contributed by atoms with Gasteiger partial charge in [0.1, 0.15) is 14.7 Å². The van der Waals surface area contributed by atoms with Crippen molar-refractivity contribution in [2.24, 2.45) is 17.6 Å². The fourth-order valence-corrected chi connectivity index (χ4v) is 7.52. The third-order valence-electron chi connectivity index (χ3n) is 9.80. The lowest BCUT2D eigenvalue weighted by atomic mass is 9.81. The van der Waals surface area contributed by atoms with Crippen LogP contribution in [0.25, 0.3) is 21.9 Å². The summed E-state index contributed by atoms with van der Waals surface area (Å²) in [6, 6.07) is 17.2. The van der Waals surface area contributed by atoms with E-state index in [4.69, 9.17) is 15.3 Å². The molecule has 2 aromatic heterocycles. The molecule has 3 aliphatic rings. The van der Waals surface area contributed by atoms with E-state index in [1.807, 2.05) is 60.1 Å². The number of aromatic amines is 2. The van der Waals surface area contributed by atoms with Crippen LogP contribution >= 0.6 is 8.43 Å². The lowest BCUT2D eigenvalue weighted by Crippen LogP contribution is -2.36. The summed E-state index contributed by atoms with van der Waals surface area (Å²) in [5.41, 5.74) is 9.87. The van der Waals surface area contributed by atoms with E-state index in [2.05, 4.69) is 37.6 Å². The minimum atomic E-state index is -0.246. The average molecular weight is 648 g/mol. The molecular formula is C35H50N7O3P. The van der Waals surface area contributed by atoms with Crippen molar-refractivity contribution in [2.45, 2.75) is 76.1 Å². The maximum atomic E-state index is 12.4. The van der Waals surface area contributed by atoms with E-state index in [-0.39, 0.29) is 18.0 Å². The van der Waals surface area contributed by atoms with Crippen LogP contribution in [-0.4, -0.2) is 70.9 Å². The van der Waals surface area contributed by atoms with Crippen LogP contribution in [-0.2, 0) is 16.0 Å². The number of rotatable bonds is 12. The van der Waals surface area contributed by atoms with Gasteiger partial charge in [-0.25, -0.2) is 9.68 Å². The first-order valence-electron chi connectivity index (χ1n) is 17.1. The second-order valence-electron chi connectivity index (χ2n) is 13.1. The third kappa shape index (κ3) is 8.75. The number of imidazole rings is 1. The van der Waals surface area contributed by atoms with Gasteiger partial charge in [0.2, 0.25) is 0 Å². The summed E-state index contributed by atoms with van der Waals surface area (Å²) in [6.45, 7) is 3.90. The van der Waals surface area contributed by atoms with Gasteiger partial charge in [-0.3, -0.25) is 14.8 Å². The predicted octanol–water partition coefficient (Wildman–Crippen LogP) is 5.31. The highest BCUT2D eigenvalue weighted by atomic mass is 31.1. The maximum Gasteiger partial charge on any atom is 0.326 e. The van der Waals surface area contributed by atoms with E-state index in [0.29, 0.717) is 14.9 Å². The van der Waals surface area contributed by atoms with Gasteiger partial charge >= 0.3 is 5.69 Å². The summed E-state index contributed by atoms with van der Waals surface area (Å²) in [7, 11) is 2.51. The van der Waals surface area contributed by atoms with Gasteiger partial charge in [-0.2, -0.15) is 4.67 Å². The van der Waals surface area contributed by atoms with E-state index in [1.54, 1.807) is 0 Å². The molecule has 2 aliphatic carbocycles. The molecule has 0 spiro atoms. The van der Waals surface area contributed by atoms with Gasteiger partial charge in [0, 0.05) is 54.6 Å². The van der Waals surface area contributed by atoms with Gasteiger partial charge in [0.25, 0.3) is 0 Å². The number of nitrogens with one attached hydrogen (secondary N) is 4. The molecule has 7 rings (SSSR count). The van der Waals surface area contributed by atoms with Gasteiger partial charge in [0.05, 0.1) is 11.0 Å². The molecular weight excluding hydrogens is 597 g/mol. The largest absolute Gasteiger partial charge is 0.361 e. The fraction of sp³-hybridized carbons (Fsp3) is 0.543. The molecule has 1 aliphatic heterocycles. The van der Waals surface area contributed by atoms with Crippen LogP contribution in [0, 0.1) is 11.8 Å². The van der Waals surface area contributed by atoms with Gasteiger partial charge in [-0.15, -0.1) is 0 Å². The second kappa shape index (κ2) is 16.3. The van der Waals surface area contributed by atoms with Crippen molar-refractivity contribution in [3.8, 4) is 0 Å². The molecule has 6 N–H and O–H groups in total. The van der Waals surface area contributed by atoms with Crippen LogP contribution in [0.1, 0.15) is 63.0 Å². The molecule has 10 nitrogen and oxygen atoms in total. The number of hydrogen-bond donors (Lipinski definition) is 5. The number of hydrogen-bond acceptors (Lipinski definition) is 6. The van der Waals surface area contributed by atoms with Crippen LogP contribution in [0.3, 0.4) is 0 Å². The van der Waals surface area contributed by atoms with Crippen molar-refractivity contribution in [1.82, 2.24) is 30.1 Å². The number of likely N-dealkylation sites (tertiary alicyclic amines) is 1. The Morgan fingerprint density at radius 3 is 2.57 bits per heavy atom. The Morgan fingerprint density at radius 1 is 1.02 bits per heavy atom. The Labute approximate surface area is 273 Å². The van der Waals surface area contributed by atoms with Crippen molar-refractivity contribution >= 4 is 36.3 Å². The van der Waals surface area contributed by atoms with Gasteiger partial charge in [-0.1, -0.05) is 36.8 Å². The second-order valence-corrected chi connectivity index (χ2v) is 13.7. The summed E-state index contributed by atoms with van der Waals surface area (Å²) in [4.78, 5) is 26.5. The first-order valence-corrected chi connectivity index (χ1v) is 17.9. The summed E-state index contributed by atoms with van der Waals surface area (Å²) in [5.74, 6) is 3.75. The van der Waals surface area contributed by atoms with Gasteiger partial charge in [-0.05, 0) is 101 Å². The lowest BCUT2D eigenvalue weighted by Gasteiger charge is -2.29. The zero-order valence-corrected chi connectivity index (χ0v) is 27.9. The summed E-state index contributed by atoms with van der Waals surface area (Å²) in [6.07, 6.45) is 12.7. The molecule has 0 radical (unpaired) electrons. The van der Waals surface area contributed by atoms with Crippen LogP contribution in [0.2, 0.25) is 0 Å². The van der Waals surface area contributed by atoms with E-state index < -0.39 is 0 Å². The maximum absolute atomic E-state index is 12.4. The standard InChI is InChI=1S/C24H28N5O3P.C11H22N2/c1-25-23(14-17-15-26-20-7-3-2-6-19(17)20)31-32-33-16-28-12-10-18(11-13-28)29-22-9-5-4-8-21(22)27-24(29)30;12-7-9-2-1-3-10(6-9)8-13-11-4-5-11/h2-9,15-16,18,23,25-26H,10-14H2,1H3,(H,27,30);9-11,13H,1-8,12H2. The monoisotopic (exact) mass is 647 g/mol. The Hall–Kier alpha value is -2.82. The molecule has 46 heavy (non-hydrogen) atoms. The van der Waals surface area contributed by atoms with E-state index >= 15 is 0 Å². The smallest absolute Gasteiger partial charge is 0.326 e. The number of para-hydroxylation sites is 3. The number of nitrogens with zero attached hydrogens (tertiary/aromatic N) is 2. The SMILES string of the molecule is CNC(Cc1c[nH]c2ccccc12)OOP=CN1CCC(n2c(=O)[nH]c3ccccc32)CC1.NCC1CCCC(CNC2CC2)C1. The van der Waals surface area contributed by atoms with Crippen molar-refractivity contribution < 1.29 is 9.56 Å². The number of likely N-dealkylation sites (N-methyl/N-ethyl adjacent to an activating group) is 1. The molecule has 4 aromatic rings. The Bertz CT molecular complexity index is 1600. The zero-order valence-electron chi connectivity index (χ0n) is 27.0. The number of aromatic nitrogens is 3. The number of H-pyrrole nitrogens is 2. The number of fused-ring (bicyclic) bond motifs is 2. The Kier molecular flexibility index (Phi) is 11.7. The molecule has 2 aromatic carbocycles. The van der Waals surface area contributed by atoms with E-state index in [1.165, 1.54) is 56.0 Å². The first-order chi connectivity index (χ1) is 22.6. The molecule has 11 heteroatoms. The molecule has 3 atom stereocenters. The average Bonchev–Trinajstić information content (AvgIpc) is 3.75. The van der Waals surface area contributed by atoms with Gasteiger partial charge in [0.15, 0.2) is 0 Å². The Balaban J connectivity index is 0.000000238. The summed E-state index contributed by atoms with van der Waals surface area (Å²) >= 11 is 0. The minimum Gasteiger partial charge on any atom is -0.361 e. The zero-order chi connectivity index (χ0) is 31.7. The van der Waals surface area contributed by atoms with E-state index in [0.717, 1.165) is 66.9 Å². The van der Waals surface area contributed by atoms with E-state index in [9.17, 15) is 4.79 Å². The van der Waals surface area contributed by atoms with Crippen molar-refractivity contribution in [3.63, 3.8) is 0 Å². The van der Waals surface area contributed by atoms with Crippen molar-refractivity contribution in [2.75, 3.05) is 33.2 Å². The third-order valence-corrected chi connectivity index (χ3v) is 10.4. The molecule has 3 fully saturated rings. The highest BCUT2D eigenvalue weighted by molar-refractivity contribution is 7.32. The molecule has 2 saturated carbocycles. The van der Waals surface area contributed by atoms with Crippen LogP contribution in [0.4, 0.5) is 0 Å². The van der Waals surface area contributed by atoms with Gasteiger partial charge < -0.3 is 21.0 Å². The van der Waals surface area contributed by atoms with Crippen LogP contribution in [0.15, 0.2) is 59.5 Å².